The molecule has 6 nitrogen and oxygen atoms in total. The van der Waals surface area contributed by atoms with Crippen LogP contribution in [0.5, 0.6) is 11.6 Å². The van der Waals surface area contributed by atoms with Gasteiger partial charge in [0.05, 0.1) is 4.47 Å². The van der Waals surface area contributed by atoms with E-state index < -0.39 is 5.97 Å². The molecule has 1 N–H and O–H groups in total. The standard InChI is InChI=1S/C10H6BrN3O3/c11-6-4-12-5-14-9(6)17-7-2-1-3-13-8(7)10(15)16/h1-5H,(H,15,16). The lowest BCUT2D eigenvalue weighted by atomic mass is 10.3. The number of nitrogens with zero attached hydrogens (tertiary/aromatic N) is 3. The minimum Gasteiger partial charge on any atom is -0.476 e. The Balaban J connectivity index is 2.37. The van der Waals surface area contributed by atoms with Crippen LogP contribution in [0.3, 0.4) is 0 Å². The van der Waals surface area contributed by atoms with E-state index in [-0.39, 0.29) is 17.3 Å². The fraction of sp³-hybridized carbons (Fsp3) is 0. The molecule has 2 aromatic heterocycles. The van der Waals surface area contributed by atoms with E-state index in [2.05, 4.69) is 30.9 Å². The molecule has 0 aliphatic carbocycles. The molecule has 0 aliphatic heterocycles. The van der Waals surface area contributed by atoms with Gasteiger partial charge in [-0.1, -0.05) is 0 Å². The summed E-state index contributed by atoms with van der Waals surface area (Å²) >= 11 is 3.20. The van der Waals surface area contributed by atoms with Crippen LogP contribution in [0.15, 0.2) is 35.3 Å². The van der Waals surface area contributed by atoms with E-state index in [1.807, 2.05) is 0 Å². The van der Waals surface area contributed by atoms with Crippen molar-refractivity contribution in [3.63, 3.8) is 0 Å². The highest BCUT2D eigenvalue weighted by atomic mass is 79.9. The van der Waals surface area contributed by atoms with Crippen molar-refractivity contribution in [1.29, 1.82) is 0 Å². The van der Waals surface area contributed by atoms with E-state index in [1.165, 1.54) is 24.8 Å². The molecule has 17 heavy (non-hydrogen) atoms. The number of carboxylic acids is 1. The normalized spacial score (nSPS) is 9.94. The summed E-state index contributed by atoms with van der Waals surface area (Å²) in [6, 6.07) is 3.09. The maximum absolute atomic E-state index is 10.9. The van der Waals surface area contributed by atoms with Crippen LogP contribution < -0.4 is 4.74 Å². The molecule has 0 unspecified atom stereocenters. The summed E-state index contributed by atoms with van der Waals surface area (Å²) in [5, 5.41) is 8.93. The average Bonchev–Trinajstić information content (AvgIpc) is 2.32. The highest BCUT2D eigenvalue weighted by Gasteiger charge is 2.14. The number of ether oxygens (including phenoxy) is 1. The zero-order valence-corrected chi connectivity index (χ0v) is 9.96. The number of hydrogen-bond donors (Lipinski definition) is 1. The minimum absolute atomic E-state index is 0.124. The lowest BCUT2D eigenvalue weighted by Crippen LogP contribution is -2.03. The van der Waals surface area contributed by atoms with E-state index in [4.69, 9.17) is 9.84 Å². The van der Waals surface area contributed by atoms with Crippen LogP contribution in [0.25, 0.3) is 0 Å². The van der Waals surface area contributed by atoms with Gasteiger partial charge in [0.15, 0.2) is 11.4 Å². The molecule has 0 bridgehead atoms. The van der Waals surface area contributed by atoms with Gasteiger partial charge in [-0.25, -0.2) is 19.7 Å². The third kappa shape index (κ3) is 2.56. The predicted molar refractivity (Wildman–Crippen MR) is 61.0 cm³/mol. The number of aromatic nitrogens is 3. The Morgan fingerprint density at radius 1 is 1.41 bits per heavy atom. The summed E-state index contributed by atoms with van der Waals surface area (Å²) in [7, 11) is 0. The van der Waals surface area contributed by atoms with E-state index in [0.29, 0.717) is 4.47 Å². The minimum atomic E-state index is -1.16. The number of aromatic carboxylic acids is 1. The molecular weight excluding hydrogens is 290 g/mol. The van der Waals surface area contributed by atoms with Crippen molar-refractivity contribution >= 4 is 21.9 Å². The van der Waals surface area contributed by atoms with Crippen molar-refractivity contribution in [1.82, 2.24) is 15.0 Å². The number of carboxylic acid groups (broad SMARTS) is 1. The van der Waals surface area contributed by atoms with Gasteiger partial charge in [-0.05, 0) is 28.1 Å². The van der Waals surface area contributed by atoms with Crippen LogP contribution in [-0.2, 0) is 0 Å². The first-order valence-electron chi connectivity index (χ1n) is 4.50. The number of halogens is 1. The molecule has 0 fully saturated rings. The highest BCUT2D eigenvalue weighted by Crippen LogP contribution is 2.27. The number of rotatable bonds is 3. The Bertz CT molecular complexity index is 562. The Morgan fingerprint density at radius 3 is 2.94 bits per heavy atom. The summed E-state index contributed by atoms with van der Waals surface area (Å²) in [4.78, 5) is 22.3. The first kappa shape index (κ1) is 11.5. The molecular formula is C10H6BrN3O3. The van der Waals surface area contributed by atoms with E-state index in [0.717, 1.165) is 0 Å². The molecule has 2 rings (SSSR count). The van der Waals surface area contributed by atoms with Crippen molar-refractivity contribution in [3.8, 4) is 11.6 Å². The summed E-state index contributed by atoms with van der Waals surface area (Å²) in [6.07, 6.45) is 4.18. The monoisotopic (exact) mass is 295 g/mol. The van der Waals surface area contributed by atoms with Gasteiger partial charge >= 0.3 is 5.97 Å². The molecule has 0 saturated carbocycles. The maximum Gasteiger partial charge on any atom is 0.358 e. The quantitative estimate of drug-likeness (QED) is 0.933. The first-order chi connectivity index (χ1) is 8.18. The third-order valence-electron chi connectivity index (χ3n) is 1.81. The van der Waals surface area contributed by atoms with Gasteiger partial charge in [0, 0.05) is 12.4 Å². The SMILES string of the molecule is O=C(O)c1ncccc1Oc1ncncc1Br. The van der Waals surface area contributed by atoms with Gasteiger partial charge in [0.2, 0.25) is 5.88 Å². The molecule has 0 radical (unpaired) electrons. The third-order valence-corrected chi connectivity index (χ3v) is 2.36. The molecule has 0 aromatic carbocycles. The number of carbonyl (C=O) groups is 1. The zero-order valence-electron chi connectivity index (χ0n) is 8.37. The molecule has 0 aliphatic rings. The Labute approximate surface area is 104 Å². The Kier molecular flexibility index (Phi) is 3.29. The zero-order chi connectivity index (χ0) is 12.3. The van der Waals surface area contributed by atoms with Crippen LogP contribution in [-0.4, -0.2) is 26.0 Å². The van der Waals surface area contributed by atoms with Crippen molar-refractivity contribution in [2.75, 3.05) is 0 Å². The van der Waals surface area contributed by atoms with Crippen molar-refractivity contribution in [2.45, 2.75) is 0 Å². The molecule has 2 heterocycles. The first-order valence-corrected chi connectivity index (χ1v) is 5.29. The van der Waals surface area contributed by atoms with Gasteiger partial charge in [-0.3, -0.25) is 0 Å². The number of hydrogen-bond acceptors (Lipinski definition) is 5. The molecule has 86 valence electrons. The van der Waals surface area contributed by atoms with Crippen LogP contribution in [0.2, 0.25) is 0 Å². The van der Waals surface area contributed by atoms with Gasteiger partial charge in [0.25, 0.3) is 0 Å². The predicted octanol–water partition coefficient (Wildman–Crippen LogP) is 2.12. The molecule has 0 amide bonds. The second kappa shape index (κ2) is 4.88. The summed E-state index contributed by atoms with van der Waals surface area (Å²) < 4.78 is 5.89. The molecule has 0 atom stereocenters. The largest absolute Gasteiger partial charge is 0.476 e. The van der Waals surface area contributed by atoms with Crippen molar-refractivity contribution < 1.29 is 14.6 Å². The average molecular weight is 296 g/mol. The smallest absolute Gasteiger partial charge is 0.358 e. The van der Waals surface area contributed by atoms with Crippen LogP contribution in [0.4, 0.5) is 0 Å². The molecule has 0 spiro atoms. The van der Waals surface area contributed by atoms with E-state index in [1.54, 1.807) is 6.07 Å². The highest BCUT2D eigenvalue weighted by molar-refractivity contribution is 9.10. The molecule has 7 heteroatoms. The van der Waals surface area contributed by atoms with Crippen LogP contribution in [0, 0.1) is 0 Å². The second-order valence-electron chi connectivity index (χ2n) is 2.93. The summed E-state index contributed by atoms with van der Waals surface area (Å²) in [5.74, 6) is -0.805. The second-order valence-corrected chi connectivity index (χ2v) is 3.79. The summed E-state index contributed by atoms with van der Waals surface area (Å²) in [5.41, 5.74) is -0.169. The van der Waals surface area contributed by atoms with Gasteiger partial charge < -0.3 is 9.84 Å². The summed E-state index contributed by atoms with van der Waals surface area (Å²) in [6.45, 7) is 0. The van der Waals surface area contributed by atoms with Gasteiger partial charge in [0.1, 0.15) is 6.33 Å². The van der Waals surface area contributed by atoms with Gasteiger partial charge in [-0.15, -0.1) is 0 Å². The fourth-order valence-electron chi connectivity index (χ4n) is 1.11. The van der Waals surface area contributed by atoms with E-state index in [9.17, 15) is 4.79 Å². The van der Waals surface area contributed by atoms with Crippen LogP contribution >= 0.6 is 15.9 Å². The Morgan fingerprint density at radius 2 is 2.24 bits per heavy atom. The van der Waals surface area contributed by atoms with Crippen molar-refractivity contribution in [3.05, 3.63) is 41.0 Å². The lowest BCUT2D eigenvalue weighted by Gasteiger charge is -2.07. The Hall–Kier alpha value is -2.02. The number of pyridine rings is 1. The van der Waals surface area contributed by atoms with E-state index >= 15 is 0 Å². The molecule has 0 saturated heterocycles. The fourth-order valence-corrected chi connectivity index (χ4v) is 1.42. The van der Waals surface area contributed by atoms with Gasteiger partial charge in [-0.2, -0.15) is 0 Å². The van der Waals surface area contributed by atoms with Crippen LogP contribution in [0.1, 0.15) is 10.5 Å². The lowest BCUT2D eigenvalue weighted by molar-refractivity contribution is 0.0687. The topological polar surface area (TPSA) is 85.2 Å². The molecule has 2 aromatic rings. The maximum atomic E-state index is 10.9. The van der Waals surface area contributed by atoms with Crippen molar-refractivity contribution in [2.24, 2.45) is 0 Å².